The van der Waals surface area contributed by atoms with E-state index >= 15 is 0 Å². The third-order valence-corrected chi connectivity index (χ3v) is 6.75. The van der Waals surface area contributed by atoms with Gasteiger partial charge in [-0.2, -0.15) is 0 Å². The molecule has 2 saturated heterocycles. The van der Waals surface area contributed by atoms with Gasteiger partial charge in [0, 0.05) is 30.7 Å². The number of carbonyl (C=O) groups excluding carboxylic acids is 1. The summed E-state index contributed by atoms with van der Waals surface area (Å²) in [6.45, 7) is 5.11. The molecule has 2 aliphatic rings. The van der Waals surface area contributed by atoms with Crippen molar-refractivity contribution in [3.8, 4) is 11.1 Å². The third-order valence-electron chi connectivity index (χ3n) is 6.75. The summed E-state index contributed by atoms with van der Waals surface area (Å²) in [5, 5.41) is 7.33. The lowest BCUT2D eigenvalue weighted by molar-refractivity contribution is 0.0945. The Labute approximate surface area is 183 Å². The van der Waals surface area contributed by atoms with Crippen molar-refractivity contribution in [3.05, 3.63) is 54.3 Å². The Morgan fingerprint density at radius 1 is 1.00 bits per heavy atom. The summed E-state index contributed by atoms with van der Waals surface area (Å²) in [7, 11) is 0. The highest BCUT2D eigenvalue weighted by Crippen LogP contribution is 2.30. The second-order valence-electron chi connectivity index (χ2n) is 8.86. The van der Waals surface area contributed by atoms with E-state index in [2.05, 4.69) is 45.9 Å². The Bertz CT molecular complexity index is 1030. The van der Waals surface area contributed by atoms with Gasteiger partial charge in [0.15, 0.2) is 0 Å². The van der Waals surface area contributed by atoms with Crippen molar-refractivity contribution >= 4 is 22.6 Å². The molecule has 1 aromatic heterocycles. The third kappa shape index (κ3) is 4.47. The van der Waals surface area contributed by atoms with Crippen LogP contribution in [-0.4, -0.2) is 38.6 Å². The van der Waals surface area contributed by atoms with Crippen LogP contribution in [0.1, 0.15) is 42.5 Å². The molecule has 0 unspecified atom stereocenters. The van der Waals surface area contributed by atoms with E-state index in [1.807, 2.05) is 12.1 Å². The summed E-state index contributed by atoms with van der Waals surface area (Å²) in [6, 6.07) is 14.9. The quantitative estimate of drug-likeness (QED) is 0.625. The summed E-state index contributed by atoms with van der Waals surface area (Å²) in [5.74, 6) is 0.513. The highest BCUT2D eigenvalue weighted by molar-refractivity contribution is 6.06. The van der Waals surface area contributed by atoms with E-state index in [1.165, 1.54) is 24.9 Å². The predicted molar refractivity (Wildman–Crippen MR) is 126 cm³/mol. The number of amides is 1. The van der Waals surface area contributed by atoms with E-state index in [9.17, 15) is 4.79 Å². The first-order valence-electron chi connectivity index (χ1n) is 11.6. The number of benzene rings is 2. The molecule has 3 heterocycles. The van der Waals surface area contributed by atoms with Gasteiger partial charge in [0.25, 0.3) is 5.91 Å². The standard InChI is InChI=1S/C26H31N3O2/c30-26(28-17-19-10-12-27-13-11-19)24-18-31-25-16-21(6-9-23(24)25)20-4-7-22(8-5-20)29-14-2-1-3-15-29/h4-9,16,18-19,27H,1-3,10-15,17H2,(H,28,30). The number of nitrogens with zero attached hydrogens (tertiary/aromatic N) is 1. The maximum atomic E-state index is 12.7. The number of fused-ring (bicyclic) bond motifs is 1. The first-order valence-corrected chi connectivity index (χ1v) is 11.6. The van der Waals surface area contributed by atoms with Gasteiger partial charge in [0.2, 0.25) is 0 Å². The lowest BCUT2D eigenvalue weighted by atomic mass is 9.98. The summed E-state index contributed by atoms with van der Waals surface area (Å²) in [5.41, 5.74) is 4.94. The molecule has 2 fully saturated rings. The molecule has 0 spiro atoms. The van der Waals surface area contributed by atoms with Gasteiger partial charge < -0.3 is 20.0 Å². The van der Waals surface area contributed by atoms with Gasteiger partial charge in [-0.1, -0.05) is 18.2 Å². The fourth-order valence-corrected chi connectivity index (χ4v) is 4.82. The van der Waals surface area contributed by atoms with E-state index in [4.69, 9.17) is 4.42 Å². The first-order chi connectivity index (χ1) is 15.3. The van der Waals surface area contributed by atoms with E-state index < -0.39 is 0 Å². The van der Waals surface area contributed by atoms with Crippen LogP contribution in [-0.2, 0) is 0 Å². The zero-order chi connectivity index (χ0) is 21.0. The van der Waals surface area contributed by atoms with Crippen molar-refractivity contribution < 1.29 is 9.21 Å². The van der Waals surface area contributed by atoms with Gasteiger partial charge >= 0.3 is 0 Å². The Kier molecular flexibility index (Phi) is 5.94. The highest BCUT2D eigenvalue weighted by atomic mass is 16.3. The second kappa shape index (κ2) is 9.15. The molecule has 2 N–H and O–H groups in total. The summed E-state index contributed by atoms with van der Waals surface area (Å²) in [4.78, 5) is 15.2. The van der Waals surface area contributed by atoms with Crippen molar-refractivity contribution in [3.63, 3.8) is 0 Å². The number of hydrogen-bond donors (Lipinski definition) is 2. The number of rotatable bonds is 5. The Morgan fingerprint density at radius 3 is 2.52 bits per heavy atom. The highest BCUT2D eigenvalue weighted by Gasteiger charge is 2.18. The van der Waals surface area contributed by atoms with Crippen LogP contribution < -0.4 is 15.5 Å². The minimum Gasteiger partial charge on any atom is -0.463 e. The molecule has 31 heavy (non-hydrogen) atoms. The number of piperidine rings is 2. The lowest BCUT2D eigenvalue weighted by Crippen LogP contribution is -2.35. The largest absolute Gasteiger partial charge is 0.463 e. The Hall–Kier alpha value is -2.79. The number of nitrogens with one attached hydrogen (secondary N) is 2. The van der Waals surface area contributed by atoms with E-state index in [1.54, 1.807) is 6.26 Å². The maximum Gasteiger partial charge on any atom is 0.255 e. The second-order valence-corrected chi connectivity index (χ2v) is 8.86. The topological polar surface area (TPSA) is 57.5 Å². The predicted octanol–water partition coefficient (Wildman–Crippen LogP) is 4.82. The SMILES string of the molecule is O=C(NCC1CCNCC1)c1coc2cc(-c3ccc(N4CCCCC4)cc3)ccc12. The van der Waals surface area contributed by atoms with Gasteiger partial charge in [0.05, 0.1) is 5.56 Å². The smallest absolute Gasteiger partial charge is 0.255 e. The average Bonchev–Trinajstić information content (AvgIpc) is 3.27. The molecule has 162 valence electrons. The molecule has 0 saturated carbocycles. The Morgan fingerprint density at radius 2 is 1.74 bits per heavy atom. The molecule has 0 atom stereocenters. The fraction of sp³-hybridized carbons (Fsp3) is 0.423. The van der Waals surface area contributed by atoms with Crippen LogP contribution in [0.4, 0.5) is 5.69 Å². The maximum absolute atomic E-state index is 12.7. The molecule has 1 amide bonds. The van der Waals surface area contributed by atoms with E-state index in [0.717, 1.165) is 67.7 Å². The lowest BCUT2D eigenvalue weighted by Gasteiger charge is -2.28. The molecule has 0 bridgehead atoms. The molecule has 5 nitrogen and oxygen atoms in total. The minimum atomic E-state index is -0.0454. The van der Waals surface area contributed by atoms with Gasteiger partial charge in [-0.15, -0.1) is 0 Å². The fourth-order valence-electron chi connectivity index (χ4n) is 4.82. The molecule has 5 rings (SSSR count). The molecule has 2 aliphatic heterocycles. The van der Waals surface area contributed by atoms with Crippen LogP contribution in [0, 0.1) is 5.92 Å². The van der Waals surface area contributed by atoms with Crippen LogP contribution in [0.25, 0.3) is 22.1 Å². The van der Waals surface area contributed by atoms with Crippen molar-refractivity contribution in [1.29, 1.82) is 0 Å². The molecule has 2 aromatic carbocycles. The number of anilines is 1. The van der Waals surface area contributed by atoms with Crippen LogP contribution >= 0.6 is 0 Å². The van der Waals surface area contributed by atoms with Crippen LogP contribution in [0.5, 0.6) is 0 Å². The molecule has 0 aliphatic carbocycles. The molecule has 0 radical (unpaired) electrons. The molecular formula is C26H31N3O2. The van der Waals surface area contributed by atoms with Crippen molar-refractivity contribution in [2.45, 2.75) is 32.1 Å². The first kappa shape index (κ1) is 20.1. The van der Waals surface area contributed by atoms with Gasteiger partial charge in [-0.25, -0.2) is 0 Å². The zero-order valence-corrected chi connectivity index (χ0v) is 18.0. The van der Waals surface area contributed by atoms with Crippen molar-refractivity contribution in [2.24, 2.45) is 5.92 Å². The minimum absolute atomic E-state index is 0.0454. The number of hydrogen-bond acceptors (Lipinski definition) is 4. The summed E-state index contributed by atoms with van der Waals surface area (Å²) in [6.07, 6.45) is 7.73. The number of carbonyl (C=O) groups is 1. The summed E-state index contributed by atoms with van der Waals surface area (Å²) < 4.78 is 5.76. The van der Waals surface area contributed by atoms with Gasteiger partial charge in [-0.3, -0.25) is 4.79 Å². The Balaban J connectivity index is 1.29. The van der Waals surface area contributed by atoms with Crippen LogP contribution in [0.3, 0.4) is 0 Å². The molecule has 5 heteroatoms. The van der Waals surface area contributed by atoms with Crippen LogP contribution in [0.15, 0.2) is 53.1 Å². The monoisotopic (exact) mass is 417 g/mol. The van der Waals surface area contributed by atoms with Gasteiger partial charge in [0.1, 0.15) is 11.8 Å². The normalized spacial score (nSPS) is 17.7. The van der Waals surface area contributed by atoms with E-state index in [-0.39, 0.29) is 5.91 Å². The summed E-state index contributed by atoms with van der Waals surface area (Å²) >= 11 is 0. The zero-order valence-electron chi connectivity index (χ0n) is 18.0. The molecule has 3 aromatic rings. The average molecular weight is 418 g/mol. The molecular weight excluding hydrogens is 386 g/mol. The number of furan rings is 1. The van der Waals surface area contributed by atoms with Crippen molar-refractivity contribution in [1.82, 2.24) is 10.6 Å². The van der Waals surface area contributed by atoms with Crippen LogP contribution in [0.2, 0.25) is 0 Å². The van der Waals surface area contributed by atoms with Crippen molar-refractivity contribution in [2.75, 3.05) is 37.6 Å². The van der Waals surface area contributed by atoms with Gasteiger partial charge in [-0.05, 0) is 86.5 Å². The van der Waals surface area contributed by atoms with E-state index in [0.29, 0.717) is 11.5 Å².